The van der Waals surface area contributed by atoms with E-state index in [4.69, 9.17) is 16.9 Å². The monoisotopic (exact) mass is 248 g/mol. The number of nitriles is 1. The van der Waals surface area contributed by atoms with E-state index in [0.717, 1.165) is 0 Å². The van der Waals surface area contributed by atoms with Gasteiger partial charge in [0.2, 0.25) is 0 Å². The second-order valence-electron chi connectivity index (χ2n) is 3.15. The maximum absolute atomic E-state index is 13.1. The van der Waals surface area contributed by atoms with Gasteiger partial charge in [0.1, 0.15) is 17.7 Å². The fourth-order valence-electron chi connectivity index (χ4n) is 1.17. The van der Waals surface area contributed by atoms with Gasteiger partial charge in [-0.1, -0.05) is 11.6 Å². The molecule has 0 amide bonds. The number of hydrogen-bond acceptors (Lipinski definition) is 4. The van der Waals surface area contributed by atoms with E-state index in [1.54, 1.807) is 6.07 Å². The summed E-state index contributed by atoms with van der Waals surface area (Å²) < 4.78 is 13.1. The third kappa shape index (κ3) is 2.68. The third-order valence-electron chi connectivity index (χ3n) is 1.96. The van der Waals surface area contributed by atoms with E-state index >= 15 is 0 Å². The Morgan fingerprint density at radius 1 is 1.29 bits per heavy atom. The molecule has 0 aliphatic rings. The molecule has 0 aliphatic heterocycles. The van der Waals surface area contributed by atoms with Crippen LogP contribution in [0.15, 0.2) is 30.6 Å². The van der Waals surface area contributed by atoms with Gasteiger partial charge < -0.3 is 5.32 Å². The molecule has 0 saturated carbocycles. The number of hydrogen-bond donors (Lipinski definition) is 1. The molecule has 0 unspecified atom stereocenters. The summed E-state index contributed by atoms with van der Waals surface area (Å²) in [5.74, 6) is -0.0935. The Hall–Kier alpha value is -2.19. The minimum atomic E-state index is -0.515. The SMILES string of the molecule is N#Cc1cnc(Nc2ccc(Cl)c(F)c2)cn1. The predicted molar refractivity (Wildman–Crippen MR) is 61.4 cm³/mol. The molecule has 0 bridgehead atoms. The van der Waals surface area contributed by atoms with Gasteiger partial charge in [0.15, 0.2) is 5.69 Å². The molecular weight excluding hydrogens is 243 g/mol. The molecule has 1 N–H and O–H groups in total. The van der Waals surface area contributed by atoms with Crippen molar-refractivity contribution in [3.63, 3.8) is 0 Å². The lowest BCUT2D eigenvalue weighted by atomic mass is 10.3. The molecule has 4 nitrogen and oxygen atoms in total. The van der Waals surface area contributed by atoms with Gasteiger partial charge in [0, 0.05) is 5.69 Å². The highest BCUT2D eigenvalue weighted by Crippen LogP contribution is 2.20. The Morgan fingerprint density at radius 2 is 2.12 bits per heavy atom. The van der Waals surface area contributed by atoms with Crippen molar-refractivity contribution in [1.82, 2.24) is 9.97 Å². The zero-order valence-corrected chi connectivity index (χ0v) is 9.24. The van der Waals surface area contributed by atoms with Gasteiger partial charge in [0.25, 0.3) is 0 Å². The normalized spacial score (nSPS) is 9.71. The highest BCUT2D eigenvalue weighted by molar-refractivity contribution is 6.30. The van der Waals surface area contributed by atoms with E-state index in [1.807, 2.05) is 6.07 Å². The Kier molecular flexibility index (Phi) is 3.17. The van der Waals surface area contributed by atoms with Crippen molar-refractivity contribution in [3.05, 3.63) is 47.1 Å². The minimum Gasteiger partial charge on any atom is -0.339 e. The molecule has 0 aliphatic carbocycles. The maximum Gasteiger partial charge on any atom is 0.158 e. The summed E-state index contributed by atoms with van der Waals surface area (Å²) in [6.07, 6.45) is 2.72. The van der Waals surface area contributed by atoms with Gasteiger partial charge in [-0.05, 0) is 18.2 Å². The predicted octanol–water partition coefficient (Wildman–Crippen LogP) is 2.88. The Labute approximate surface area is 102 Å². The van der Waals surface area contributed by atoms with Crippen LogP contribution >= 0.6 is 11.6 Å². The van der Waals surface area contributed by atoms with Crippen molar-refractivity contribution in [3.8, 4) is 6.07 Å². The second kappa shape index (κ2) is 4.76. The highest BCUT2D eigenvalue weighted by atomic mass is 35.5. The van der Waals surface area contributed by atoms with Crippen LogP contribution in [0.25, 0.3) is 0 Å². The van der Waals surface area contributed by atoms with Crippen LogP contribution in [0.2, 0.25) is 5.02 Å². The van der Waals surface area contributed by atoms with Crippen LogP contribution in [-0.2, 0) is 0 Å². The van der Waals surface area contributed by atoms with E-state index in [2.05, 4.69) is 15.3 Å². The molecule has 2 rings (SSSR count). The van der Waals surface area contributed by atoms with Crippen LogP contribution < -0.4 is 5.32 Å². The first-order chi connectivity index (χ1) is 8.19. The van der Waals surface area contributed by atoms with Gasteiger partial charge in [0.05, 0.1) is 17.4 Å². The smallest absolute Gasteiger partial charge is 0.158 e. The van der Waals surface area contributed by atoms with Crippen LogP contribution in [-0.4, -0.2) is 9.97 Å². The molecule has 0 atom stereocenters. The quantitative estimate of drug-likeness (QED) is 0.888. The molecular formula is C11H6ClFN4. The summed E-state index contributed by atoms with van der Waals surface area (Å²) in [6, 6.07) is 6.17. The minimum absolute atomic E-state index is 0.0569. The van der Waals surface area contributed by atoms with Crippen molar-refractivity contribution >= 4 is 23.1 Å². The van der Waals surface area contributed by atoms with Crippen LogP contribution in [0.1, 0.15) is 5.69 Å². The van der Waals surface area contributed by atoms with E-state index in [9.17, 15) is 4.39 Å². The summed E-state index contributed by atoms with van der Waals surface area (Å²) >= 11 is 5.56. The molecule has 0 fully saturated rings. The number of rotatable bonds is 2. The van der Waals surface area contributed by atoms with Crippen molar-refractivity contribution in [1.29, 1.82) is 5.26 Å². The molecule has 6 heteroatoms. The summed E-state index contributed by atoms with van der Waals surface area (Å²) in [4.78, 5) is 7.77. The highest BCUT2D eigenvalue weighted by Gasteiger charge is 2.02. The van der Waals surface area contributed by atoms with Gasteiger partial charge in [-0.3, -0.25) is 0 Å². The third-order valence-corrected chi connectivity index (χ3v) is 2.26. The van der Waals surface area contributed by atoms with Crippen LogP contribution in [0.4, 0.5) is 15.9 Å². The Bertz CT molecular complexity index is 577. The van der Waals surface area contributed by atoms with Crippen LogP contribution in [0, 0.1) is 17.1 Å². The standard InChI is InChI=1S/C11H6ClFN4/c12-9-2-1-7(3-10(9)13)17-11-6-15-8(4-14)5-16-11/h1-3,5-6H,(H,16,17). The number of nitrogens with one attached hydrogen (secondary N) is 1. The Balaban J connectivity index is 2.20. The van der Waals surface area contributed by atoms with Crippen molar-refractivity contribution < 1.29 is 4.39 Å². The van der Waals surface area contributed by atoms with Gasteiger partial charge >= 0.3 is 0 Å². The maximum atomic E-state index is 13.1. The van der Waals surface area contributed by atoms with Crippen LogP contribution in [0.5, 0.6) is 0 Å². The number of anilines is 2. The van der Waals surface area contributed by atoms with Gasteiger partial charge in [-0.15, -0.1) is 0 Å². The molecule has 17 heavy (non-hydrogen) atoms. The summed E-state index contributed by atoms with van der Waals surface area (Å²) in [7, 11) is 0. The first kappa shape index (κ1) is 11.3. The van der Waals surface area contributed by atoms with E-state index in [-0.39, 0.29) is 10.7 Å². The number of aromatic nitrogens is 2. The molecule has 1 aromatic carbocycles. The first-order valence-electron chi connectivity index (χ1n) is 4.63. The lowest BCUT2D eigenvalue weighted by Crippen LogP contribution is -1.96. The molecule has 84 valence electrons. The molecule has 2 aromatic rings. The van der Waals surface area contributed by atoms with Crippen molar-refractivity contribution in [2.75, 3.05) is 5.32 Å². The van der Waals surface area contributed by atoms with Crippen molar-refractivity contribution in [2.45, 2.75) is 0 Å². The average molecular weight is 249 g/mol. The zero-order valence-electron chi connectivity index (χ0n) is 8.48. The van der Waals surface area contributed by atoms with Gasteiger partial charge in [-0.25, -0.2) is 14.4 Å². The summed E-state index contributed by atoms with van der Waals surface area (Å²) in [6.45, 7) is 0. The van der Waals surface area contributed by atoms with E-state index in [0.29, 0.717) is 11.5 Å². The molecule has 0 spiro atoms. The van der Waals surface area contributed by atoms with E-state index in [1.165, 1.54) is 24.5 Å². The number of halogens is 2. The number of benzene rings is 1. The first-order valence-corrected chi connectivity index (χ1v) is 5.01. The topological polar surface area (TPSA) is 61.6 Å². The second-order valence-corrected chi connectivity index (χ2v) is 3.56. The fraction of sp³-hybridized carbons (Fsp3) is 0. The largest absolute Gasteiger partial charge is 0.339 e. The van der Waals surface area contributed by atoms with Gasteiger partial charge in [-0.2, -0.15) is 5.26 Å². The van der Waals surface area contributed by atoms with Crippen molar-refractivity contribution in [2.24, 2.45) is 0 Å². The number of nitrogens with zero attached hydrogens (tertiary/aromatic N) is 3. The lowest BCUT2D eigenvalue weighted by Gasteiger charge is -2.05. The Morgan fingerprint density at radius 3 is 2.71 bits per heavy atom. The lowest BCUT2D eigenvalue weighted by molar-refractivity contribution is 0.629. The summed E-state index contributed by atoms with van der Waals surface area (Å²) in [5.41, 5.74) is 0.726. The zero-order chi connectivity index (χ0) is 12.3. The molecule has 0 saturated heterocycles. The van der Waals surface area contributed by atoms with Crippen LogP contribution in [0.3, 0.4) is 0 Å². The fourth-order valence-corrected chi connectivity index (χ4v) is 1.29. The summed E-state index contributed by atoms with van der Waals surface area (Å²) in [5, 5.41) is 11.4. The molecule has 0 radical (unpaired) electrons. The average Bonchev–Trinajstić information content (AvgIpc) is 2.35. The molecule has 1 heterocycles. The van der Waals surface area contributed by atoms with E-state index < -0.39 is 5.82 Å². The molecule has 1 aromatic heterocycles.